The number of aromatic carboxylic acids is 1. The zero-order valence-electron chi connectivity index (χ0n) is 23.6. The molecule has 1 unspecified atom stereocenters. The number of benzene rings is 3. The lowest BCUT2D eigenvalue weighted by molar-refractivity contribution is -0.384. The van der Waals surface area contributed by atoms with E-state index in [0.717, 1.165) is 11.3 Å². The highest BCUT2D eigenvalue weighted by molar-refractivity contribution is 7.07. The van der Waals surface area contributed by atoms with Crippen molar-refractivity contribution in [1.29, 1.82) is 0 Å². The predicted molar refractivity (Wildman–Crippen MR) is 165 cm³/mol. The van der Waals surface area contributed by atoms with Crippen LogP contribution in [-0.2, 0) is 9.53 Å². The molecule has 224 valence electrons. The standard InChI is InChI=1S/C33H23N3O8S/c1-2-43-32(40)27-28(19-7-4-3-5-8-19)34-33-35(29(27)20-11-13-23(14-12-20)36(41)42)30(37)26(45-33)18-24-15-16-25(44-24)21-9-6-10-22(17-21)31(38)39/h3-18,29H,2H2,1H3,(H,38,39)/b26-18-. The quantitative estimate of drug-likeness (QED) is 0.147. The summed E-state index contributed by atoms with van der Waals surface area (Å²) in [5.41, 5.74) is 1.60. The first-order chi connectivity index (χ1) is 21.7. The van der Waals surface area contributed by atoms with E-state index in [1.54, 1.807) is 61.5 Å². The second-order valence-corrected chi connectivity index (χ2v) is 10.9. The lowest BCUT2D eigenvalue weighted by atomic mass is 9.93. The van der Waals surface area contributed by atoms with Crippen molar-refractivity contribution in [2.45, 2.75) is 13.0 Å². The van der Waals surface area contributed by atoms with Crippen LogP contribution in [0.25, 0.3) is 23.1 Å². The van der Waals surface area contributed by atoms with Crippen LogP contribution in [0.5, 0.6) is 0 Å². The highest BCUT2D eigenvalue weighted by atomic mass is 32.1. The molecule has 1 atom stereocenters. The molecule has 0 fully saturated rings. The summed E-state index contributed by atoms with van der Waals surface area (Å²) in [7, 11) is 0. The Hall–Kier alpha value is -5.88. The van der Waals surface area contributed by atoms with E-state index in [9.17, 15) is 29.6 Å². The first-order valence-corrected chi connectivity index (χ1v) is 14.5. The number of nitro groups is 1. The fourth-order valence-electron chi connectivity index (χ4n) is 5.05. The lowest BCUT2D eigenvalue weighted by Gasteiger charge is -2.25. The van der Waals surface area contributed by atoms with Crippen LogP contribution in [0.3, 0.4) is 0 Å². The van der Waals surface area contributed by atoms with Gasteiger partial charge in [-0.2, -0.15) is 0 Å². The average molecular weight is 622 g/mol. The van der Waals surface area contributed by atoms with Gasteiger partial charge in [0.05, 0.1) is 38.9 Å². The van der Waals surface area contributed by atoms with E-state index >= 15 is 0 Å². The van der Waals surface area contributed by atoms with Gasteiger partial charge in [-0.1, -0.05) is 53.8 Å². The molecule has 1 aliphatic heterocycles. The highest BCUT2D eigenvalue weighted by Gasteiger charge is 2.35. The molecule has 11 nitrogen and oxygen atoms in total. The molecule has 1 aliphatic rings. The third-order valence-electron chi connectivity index (χ3n) is 7.09. The van der Waals surface area contributed by atoms with E-state index in [4.69, 9.17) is 14.1 Å². The minimum Gasteiger partial charge on any atom is -0.478 e. The first-order valence-electron chi connectivity index (χ1n) is 13.7. The molecule has 1 N–H and O–H groups in total. The van der Waals surface area contributed by atoms with Crippen LogP contribution < -0.4 is 14.9 Å². The molecule has 5 aromatic rings. The fraction of sp³-hybridized carbons (Fsp3) is 0.0909. The number of carboxylic acids is 1. The van der Waals surface area contributed by atoms with E-state index in [2.05, 4.69) is 0 Å². The third kappa shape index (κ3) is 5.61. The minimum absolute atomic E-state index is 0.0814. The first kappa shape index (κ1) is 29.2. The fourth-order valence-corrected chi connectivity index (χ4v) is 6.04. The number of ether oxygens (including phenoxy) is 1. The summed E-state index contributed by atoms with van der Waals surface area (Å²) in [5, 5.41) is 20.7. The number of carboxylic acid groups (broad SMARTS) is 1. The van der Waals surface area contributed by atoms with Crippen molar-refractivity contribution in [1.82, 2.24) is 4.57 Å². The van der Waals surface area contributed by atoms with E-state index in [1.807, 2.05) is 6.07 Å². The Kier molecular flexibility index (Phi) is 7.80. The number of rotatable bonds is 8. The molecule has 0 saturated heterocycles. The predicted octanol–water partition coefficient (Wildman–Crippen LogP) is 4.80. The Morgan fingerprint density at radius 1 is 1.04 bits per heavy atom. The van der Waals surface area contributed by atoms with Gasteiger partial charge in [0.25, 0.3) is 11.2 Å². The summed E-state index contributed by atoms with van der Waals surface area (Å²) in [6.07, 6.45) is 1.55. The second-order valence-electron chi connectivity index (χ2n) is 9.87. The summed E-state index contributed by atoms with van der Waals surface area (Å²) in [4.78, 5) is 54.9. The van der Waals surface area contributed by atoms with Crippen LogP contribution in [0.4, 0.5) is 5.69 Å². The Morgan fingerprint density at radius 3 is 2.47 bits per heavy atom. The van der Waals surface area contributed by atoms with Gasteiger partial charge in [-0.05, 0) is 48.9 Å². The number of fused-ring (bicyclic) bond motifs is 1. The van der Waals surface area contributed by atoms with Crippen LogP contribution in [0.2, 0.25) is 0 Å². The highest BCUT2D eigenvalue weighted by Crippen LogP contribution is 2.35. The second kappa shape index (κ2) is 12.0. The molecule has 12 heteroatoms. The number of carbonyl (C=O) groups is 2. The number of esters is 1. The molecule has 2 aromatic heterocycles. The Labute approximate surface area is 258 Å². The number of hydrogen-bond acceptors (Lipinski definition) is 9. The Morgan fingerprint density at radius 2 is 1.78 bits per heavy atom. The van der Waals surface area contributed by atoms with Gasteiger partial charge in [0.1, 0.15) is 11.5 Å². The van der Waals surface area contributed by atoms with Gasteiger partial charge in [-0.3, -0.25) is 19.5 Å². The number of non-ortho nitro benzene ring substituents is 1. The van der Waals surface area contributed by atoms with Gasteiger partial charge in [-0.15, -0.1) is 0 Å². The molecule has 45 heavy (non-hydrogen) atoms. The molecule has 3 heterocycles. The minimum atomic E-state index is -1.07. The van der Waals surface area contributed by atoms with Gasteiger partial charge in [0.2, 0.25) is 0 Å². The number of furan rings is 1. The summed E-state index contributed by atoms with van der Waals surface area (Å²) < 4.78 is 13.0. The molecular formula is C33H23N3O8S. The molecular weight excluding hydrogens is 598 g/mol. The molecule has 0 spiro atoms. The van der Waals surface area contributed by atoms with Crippen LogP contribution in [0.15, 0.2) is 111 Å². The van der Waals surface area contributed by atoms with Gasteiger partial charge in [-0.25, -0.2) is 14.6 Å². The van der Waals surface area contributed by atoms with Crippen LogP contribution in [-0.4, -0.2) is 33.1 Å². The molecule has 0 aliphatic carbocycles. The zero-order chi connectivity index (χ0) is 31.7. The van der Waals surface area contributed by atoms with Crippen LogP contribution >= 0.6 is 11.3 Å². The van der Waals surface area contributed by atoms with E-state index in [-0.39, 0.29) is 28.0 Å². The Balaban J connectivity index is 1.54. The van der Waals surface area contributed by atoms with Crippen molar-refractivity contribution in [3.05, 3.63) is 149 Å². The molecule has 0 amide bonds. The average Bonchev–Trinajstić information content (AvgIpc) is 3.65. The maximum absolute atomic E-state index is 14.0. The molecule has 6 rings (SSSR count). The van der Waals surface area contributed by atoms with Crippen molar-refractivity contribution >= 4 is 40.7 Å². The number of nitrogens with zero attached hydrogens (tertiary/aromatic N) is 3. The van der Waals surface area contributed by atoms with E-state index in [0.29, 0.717) is 38.7 Å². The smallest absolute Gasteiger partial charge is 0.338 e. The van der Waals surface area contributed by atoms with Gasteiger partial charge < -0.3 is 14.3 Å². The topological polar surface area (TPSA) is 154 Å². The van der Waals surface area contributed by atoms with Crippen molar-refractivity contribution in [3.63, 3.8) is 0 Å². The zero-order valence-corrected chi connectivity index (χ0v) is 24.4. The normalized spacial score (nSPS) is 14.5. The number of nitro benzene ring substituents is 1. The van der Waals surface area contributed by atoms with Gasteiger partial charge >= 0.3 is 11.9 Å². The van der Waals surface area contributed by atoms with E-state index < -0.39 is 28.5 Å². The van der Waals surface area contributed by atoms with Crippen LogP contribution in [0, 0.1) is 10.1 Å². The summed E-state index contributed by atoms with van der Waals surface area (Å²) in [6.45, 7) is 1.75. The van der Waals surface area contributed by atoms with Crippen molar-refractivity contribution in [2.75, 3.05) is 6.61 Å². The monoisotopic (exact) mass is 621 g/mol. The maximum atomic E-state index is 14.0. The number of carbonyl (C=O) groups excluding carboxylic acids is 1. The number of thiazole rings is 1. The molecule has 3 aromatic carbocycles. The molecule has 0 radical (unpaired) electrons. The third-order valence-corrected chi connectivity index (χ3v) is 8.07. The summed E-state index contributed by atoms with van der Waals surface area (Å²) in [6, 6.07) is 23.3. The summed E-state index contributed by atoms with van der Waals surface area (Å²) in [5.74, 6) is -0.978. The number of aromatic nitrogens is 1. The summed E-state index contributed by atoms with van der Waals surface area (Å²) >= 11 is 1.10. The lowest BCUT2D eigenvalue weighted by Crippen LogP contribution is -2.40. The van der Waals surface area contributed by atoms with Crippen molar-refractivity contribution < 1.29 is 28.8 Å². The largest absolute Gasteiger partial charge is 0.478 e. The van der Waals surface area contributed by atoms with Crippen molar-refractivity contribution in [2.24, 2.45) is 4.99 Å². The molecule has 0 bridgehead atoms. The molecule has 0 saturated carbocycles. The van der Waals surface area contributed by atoms with Crippen molar-refractivity contribution in [3.8, 4) is 11.3 Å². The van der Waals surface area contributed by atoms with E-state index in [1.165, 1.54) is 41.0 Å². The maximum Gasteiger partial charge on any atom is 0.338 e. The van der Waals surface area contributed by atoms with Gasteiger partial charge in [0.15, 0.2) is 4.80 Å². The SMILES string of the molecule is CCOC(=O)C1=C(c2ccccc2)N=c2s/c(=C\c3ccc(-c4cccc(C(=O)O)c4)o3)c(=O)n2C1c1ccc([N+](=O)[O-])cc1. The Bertz CT molecular complexity index is 2180. The van der Waals surface area contributed by atoms with Gasteiger partial charge in [0, 0.05) is 29.3 Å². The number of hydrogen-bond donors (Lipinski definition) is 1. The van der Waals surface area contributed by atoms with Crippen LogP contribution in [0.1, 0.15) is 40.2 Å².